The van der Waals surface area contributed by atoms with Crippen molar-refractivity contribution >= 4 is 17.7 Å². The summed E-state index contributed by atoms with van der Waals surface area (Å²) in [4.78, 5) is 26.0. The van der Waals surface area contributed by atoms with Crippen molar-refractivity contribution in [3.8, 4) is 0 Å². The quantitative estimate of drug-likeness (QED) is 0.905. The first-order valence-electron chi connectivity index (χ1n) is 8.29. The summed E-state index contributed by atoms with van der Waals surface area (Å²) in [5, 5.41) is 2.47. The van der Waals surface area contributed by atoms with Gasteiger partial charge in [0.05, 0.1) is 6.54 Å². The number of nitrogens with zero attached hydrogens (tertiary/aromatic N) is 1. The molecule has 0 saturated carbocycles. The third-order valence-corrected chi connectivity index (χ3v) is 4.10. The molecule has 1 atom stereocenters. The summed E-state index contributed by atoms with van der Waals surface area (Å²) in [5.41, 5.74) is 0.682. The van der Waals surface area contributed by atoms with Crippen LogP contribution in [0.2, 0.25) is 0 Å². The van der Waals surface area contributed by atoms with E-state index >= 15 is 0 Å². The number of benzene rings is 2. The number of hydrogen-bond donors (Lipinski definition) is 1. The summed E-state index contributed by atoms with van der Waals surface area (Å²) in [6.45, 7) is 0.800. The van der Waals surface area contributed by atoms with Crippen molar-refractivity contribution in [1.82, 2.24) is 4.90 Å². The van der Waals surface area contributed by atoms with Gasteiger partial charge in [-0.3, -0.25) is 10.1 Å². The number of ether oxygens (including phenoxy) is 1. The number of rotatable bonds is 3. The predicted molar refractivity (Wildman–Crippen MR) is 91.8 cm³/mol. The van der Waals surface area contributed by atoms with Crippen LogP contribution in [0, 0.1) is 11.6 Å². The molecule has 7 heteroatoms. The molecule has 5 nitrogen and oxygen atoms in total. The standard InChI is InChI=1S/C19H18F2N2O3/c20-14-8-6-13(7-9-14)18(24)23-10-2-5-17(12-23)26-19(25)22-16-4-1-3-15(21)11-16/h1,3-4,6-9,11,17H,2,5,10,12H2,(H,22,25)/t17-/m0/s1. The van der Waals surface area contributed by atoms with Crippen LogP contribution in [-0.4, -0.2) is 36.1 Å². The Bertz CT molecular complexity index is 796. The third-order valence-electron chi connectivity index (χ3n) is 4.10. The number of halogens is 2. The third kappa shape index (κ3) is 4.56. The number of likely N-dealkylation sites (tertiary alicyclic amines) is 1. The highest BCUT2D eigenvalue weighted by Gasteiger charge is 2.27. The molecular formula is C19H18F2N2O3. The number of piperidine rings is 1. The molecule has 0 radical (unpaired) electrons. The summed E-state index contributed by atoms with van der Waals surface area (Å²) in [6, 6.07) is 10.8. The Labute approximate surface area is 149 Å². The Morgan fingerprint density at radius 1 is 1.08 bits per heavy atom. The van der Waals surface area contributed by atoms with Gasteiger partial charge in [-0.2, -0.15) is 0 Å². The summed E-state index contributed by atoms with van der Waals surface area (Å²) in [7, 11) is 0. The van der Waals surface area contributed by atoms with Crippen LogP contribution in [0.1, 0.15) is 23.2 Å². The molecule has 1 fully saturated rings. The second-order valence-corrected chi connectivity index (χ2v) is 6.06. The molecule has 2 amide bonds. The van der Waals surface area contributed by atoms with Gasteiger partial charge in [-0.1, -0.05) is 6.07 Å². The van der Waals surface area contributed by atoms with Crippen molar-refractivity contribution in [1.29, 1.82) is 0 Å². The van der Waals surface area contributed by atoms with Gasteiger partial charge >= 0.3 is 6.09 Å². The number of amides is 2. The fourth-order valence-corrected chi connectivity index (χ4v) is 2.86. The second kappa shape index (κ2) is 7.95. The van der Waals surface area contributed by atoms with Crippen molar-refractivity contribution in [3.63, 3.8) is 0 Å². The Kier molecular flexibility index (Phi) is 5.46. The van der Waals surface area contributed by atoms with Gasteiger partial charge in [0.2, 0.25) is 0 Å². The lowest BCUT2D eigenvalue weighted by atomic mass is 10.1. The van der Waals surface area contributed by atoms with Crippen molar-refractivity contribution in [2.75, 3.05) is 18.4 Å². The van der Waals surface area contributed by atoms with E-state index in [4.69, 9.17) is 4.74 Å². The van der Waals surface area contributed by atoms with Crippen LogP contribution in [0.4, 0.5) is 19.3 Å². The molecule has 2 aromatic carbocycles. The SMILES string of the molecule is O=C(Nc1cccc(F)c1)O[C@H]1CCCN(C(=O)c2ccc(F)cc2)C1. The molecule has 0 bridgehead atoms. The van der Waals surface area contributed by atoms with Crippen LogP contribution < -0.4 is 5.32 Å². The van der Waals surface area contributed by atoms with Crippen molar-refractivity contribution in [2.24, 2.45) is 0 Å². The lowest BCUT2D eigenvalue weighted by molar-refractivity contribution is 0.0387. The number of anilines is 1. The molecule has 1 saturated heterocycles. The van der Waals surface area contributed by atoms with Crippen molar-refractivity contribution < 1.29 is 23.1 Å². The molecule has 1 aliphatic heterocycles. The maximum absolute atomic E-state index is 13.1. The van der Waals surface area contributed by atoms with E-state index in [1.807, 2.05) is 0 Å². The lowest BCUT2D eigenvalue weighted by Gasteiger charge is -2.32. The Hall–Kier alpha value is -2.96. The molecule has 0 aliphatic carbocycles. The maximum Gasteiger partial charge on any atom is 0.411 e. The summed E-state index contributed by atoms with van der Waals surface area (Å²) >= 11 is 0. The first-order valence-corrected chi connectivity index (χ1v) is 8.29. The number of carbonyl (C=O) groups excluding carboxylic acids is 2. The maximum atomic E-state index is 13.1. The minimum absolute atomic E-state index is 0.233. The van der Waals surface area contributed by atoms with Gasteiger partial charge in [-0.05, 0) is 55.3 Å². The van der Waals surface area contributed by atoms with E-state index in [1.54, 1.807) is 11.0 Å². The van der Waals surface area contributed by atoms with Crippen LogP contribution in [-0.2, 0) is 4.74 Å². The first kappa shape index (κ1) is 17.8. The van der Waals surface area contributed by atoms with Gasteiger partial charge < -0.3 is 9.64 Å². The van der Waals surface area contributed by atoms with Gasteiger partial charge in [-0.15, -0.1) is 0 Å². The van der Waals surface area contributed by atoms with E-state index in [0.717, 1.165) is 0 Å². The molecule has 0 aromatic heterocycles. The Morgan fingerprint density at radius 3 is 2.58 bits per heavy atom. The minimum atomic E-state index is -0.698. The summed E-state index contributed by atoms with van der Waals surface area (Å²) in [6.07, 6.45) is 0.160. The topological polar surface area (TPSA) is 58.6 Å². The molecular weight excluding hydrogens is 342 g/mol. The molecule has 1 aliphatic rings. The van der Waals surface area contributed by atoms with E-state index in [1.165, 1.54) is 42.5 Å². The molecule has 2 aromatic rings. The summed E-state index contributed by atoms with van der Waals surface area (Å²) in [5.74, 6) is -1.10. The predicted octanol–water partition coefficient (Wildman–Crippen LogP) is 3.82. The van der Waals surface area contributed by atoms with Crippen LogP contribution in [0.5, 0.6) is 0 Å². The summed E-state index contributed by atoms with van der Waals surface area (Å²) < 4.78 is 31.5. The lowest BCUT2D eigenvalue weighted by Crippen LogP contribution is -2.44. The van der Waals surface area contributed by atoms with E-state index in [2.05, 4.69) is 5.32 Å². The average molecular weight is 360 g/mol. The normalized spacial score (nSPS) is 16.8. The zero-order valence-electron chi connectivity index (χ0n) is 14.0. The second-order valence-electron chi connectivity index (χ2n) is 6.06. The Balaban J connectivity index is 1.57. The molecule has 0 unspecified atom stereocenters. The van der Waals surface area contributed by atoms with Crippen molar-refractivity contribution in [2.45, 2.75) is 18.9 Å². The smallest absolute Gasteiger partial charge is 0.411 e. The first-order chi connectivity index (χ1) is 12.5. The zero-order chi connectivity index (χ0) is 18.5. The fourth-order valence-electron chi connectivity index (χ4n) is 2.86. The molecule has 1 heterocycles. The van der Waals surface area contributed by atoms with E-state index < -0.39 is 23.8 Å². The highest BCUT2D eigenvalue weighted by atomic mass is 19.1. The largest absolute Gasteiger partial charge is 0.444 e. The van der Waals surface area contributed by atoms with Gasteiger partial charge in [0.15, 0.2) is 0 Å². The zero-order valence-corrected chi connectivity index (χ0v) is 14.0. The number of carbonyl (C=O) groups is 2. The average Bonchev–Trinajstić information content (AvgIpc) is 2.62. The minimum Gasteiger partial charge on any atom is -0.444 e. The monoisotopic (exact) mass is 360 g/mol. The fraction of sp³-hybridized carbons (Fsp3) is 0.263. The van der Waals surface area contributed by atoms with Crippen LogP contribution in [0.3, 0.4) is 0 Å². The molecule has 1 N–H and O–H groups in total. The van der Waals surface area contributed by atoms with Gasteiger partial charge in [-0.25, -0.2) is 13.6 Å². The van der Waals surface area contributed by atoms with E-state index in [0.29, 0.717) is 30.6 Å². The van der Waals surface area contributed by atoms with Gasteiger partial charge in [0, 0.05) is 17.8 Å². The molecule has 136 valence electrons. The molecule has 0 spiro atoms. The van der Waals surface area contributed by atoms with Gasteiger partial charge in [0.25, 0.3) is 5.91 Å². The number of hydrogen-bond acceptors (Lipinski definition) is 3. The van der Waals surface area contributed by atoms with E-state index in [-0.39, 0.29) is 12.5 Å². The highest BCUT2D eigenvalue weighted by Crippen LogP contribution is 2.18. The van der Waals surface area contributed by atoms with Gasteiger partial charge in [0.1, 0.15) is 17.7 Å². The molecule has 26 heavy (non-hydrogen) atoms. The highest BCUT2D eigenvalue weighted by molar-refractivity contribution is 5.94. The molecule has 3 rings (SSSR count). The van der Waals surface area contributed by atoms with Crippen molar-refractivity contribution in [3.05, 3.63) is 65.7 Å². The Morgan fingerprint density at radius 2 is 1.85 bits per heavy atom. The van der Waals surface area contributed by atoms with Crippen LogP contribution >= 0.6 is 0 Å². The van der Waals surface area contributed by atoms with Crippen LogP contribution in [0.25, 0.3) is 0 Å². The number of nitrogens with one attached hydrogen (secondary N) is 1. The van der Waals surface area contributed by atoms with E-state index in [9.17, 15) is 18.4 Å². The van der Waals surface area contributed by atoms with Crippen LogP contribution in [0.15, 0.2) is 48.5 Å².